The molecule has 0 saturated carbocycles. The monoisotopic (exact) mass is 1430 g/mol. The minimum Gasteiger partial charge on any atom is -0.370 e. The van der Waals surface area contributed by atoms with Gasteiger partial charge in [0.15, 0.2) is 5.96 Å². The van der Waals surface area contributed by atoms with Crippen molar-refractivity contribution in [2.45, 2.75) is 208 Å². The van der Waals surface area contributed by atoms with E-state index in [1.165, 1.54) is 33.3 Å². The van der Waals surface area contributed by atoms with Gasteiger partial charge in [-0.05, 0) is 139 Å². The number of guanidine groups is 1. The molecule has 2 fully saturated rings. The molecule has 33 heteroatoms. The first-order chi connectivity index (χ1) is 47.4. The second-order valence-electron chi connectivity index (χ2n) is 26.1. The Balaban J connectivity index is 1.63. The maximum atomic E-state index is 15.0. The second kappa shape index (κ2) is 42.5. The predicted octanol–water partition coefficient (Wildman–Crippen LogP) is -2.20. The molecule has 0 unspecified atom stereocenters. The number of hydrogen-bond donors (Lipinski definition) is 15. The molecule has 4 rings (SSSR count). The summed E-state index contributed by atoms with van der Waals surface area (Å²) >= 11 is 2.70. The van der Waals surface area contributed by atoms with E-state index in [4.69, 9.17) is 40.1 Å². The summed E-state index contributed by atoms with van der Waals surface area (Å²) in [7, 11) is 0. The van der Waals surface area contributed by atoms with Crippen LogP contribution in [0.5, 0.6) is 0 Å². The van der Waals surface area contributed by atoms with Crippen molar-refractivity contribution in [2.75, 3.05) is 44.4 Å². The lowest BCUT2D eigenvalue weighted by molar-refractivity contribution is -0.144. The maximum Gasteiger partial charge on any atom is 0.245 e. The number of hydrogen-bond acceptors (Lipinski definition) is 18. The molecule has 0 aliphatic carbocycles. The van der Waals surface area contributed by atoms with Gasteiger partial charge >= 0.3 is 0 Å². The van der Waals surface area contributed by atoms with Crippen LogP contribution in [0.25, 0.3) is 0 Å². The Kier molecular flexibility index (Phi) is 35.7. The van der Waals surface area contributed by atoms with Crippen LogP contribution in [0.2, 0.25) is 0 Å². The van der Waals surface area contributed by atoms with Crippen molar-refractivity contribution in [3.05, 3.63) is 71.8 Å². The van der Waals surface area contributed by atoms with Gasteiger partial charge < -0.3 is 92.5 Å². The van der Waals surface area contributed by atoms with Gasteiger partial charge in [-0.25, -0.2) is 0 Å². The summed E-state index contributed by atoms with van der Waals surface area (Å²) in [5.41, 5.74) is 40.8. The maximum absolute atomic E-state index is 15.0. The van der Waals surface area contributed by atoms with Crippen LogP contribution >= 0.6 is 23.5 Å². The predicted molar refractivity (Wildman–Crippen MR) is 382 cm³/mol. The Bertz CT molecular complexity index is 3130. The van der Waals surface area contributed by atoms with Crippen LogP contribution in [0.3, 0.4) is 0 Å². The normalized spacial score (nSPS) is 17.1. The van der Waals surface area contributed by atoms with E-state index in [2.05, 4.69) is 47.5 Å². The summed E-state index contributed by atoms with van der Waals surface area (Å²) < 4.78 is -1.06. The third-order valence-electron chi connectivity index (χ3n) is 17.4. The molecule has 13 amide bonds. The van der Waals surface area contributed by atoms with Gasteiger partial charge in [0.1, 0.15) is 60.4 Å². The molecule has 2 aliphatic rings. The number of aliphatic imine (C=N–C) groups is 1. The van der Waals surface area contributed by atoms with Gasteiger partial charge in [-0.2, -0.15) is 23.5 Å². The number of thioether (sulfide) groups is 2. The quantitative estimate of drug-likeness (QED) is 0.0190. The molecule has 22 N–H and O–H groups in total. The number of benzene rings is 2. The van der Waals surface area contributed by atoms with Crippen molar-refractivity contribution >= 4 is 106 Å². The summed E-state index contributed by atoms with van der Waals surface area (Å²) in [6.07, 6.45) is 4.75. The fourth-order valence-corrected chi connectivity index (χ4v) is 12.5. The molecule has 2 aliphatic heterocycles. The minimum absolute atomic E-state index is 0.0703. The first-order valence-electron chi connectivity index (χ1n) is 33.9. The number of likely N-dealkylation sites (tertiary alicyclic amines) is 2. The van der Waals surface area contributed by atoms with E-state index in [1.54, 1.807) is 80.8 Å². The highest BCUT2D eigenvalue weighted by Crippen LogP contribution is 2.28. The zero-order valence-corrected chi connectivity index (χ0v) is 59.9. The molecule has 2 saturated heterocycles. The van der Waals surface area contributed by atoms with Crippen molar-refractivity contribution in [3.63, 3.8) is 0 Å². The zero-order valence-electron chi connectivity index (χ0n) is 58.3. The van der Waals surface area contributed by atoms with E-state index in [9.17, 15) is 57.5 Å². The standard InChI is InChI=1S/C67H106N18O13S2/c1-39(2)36-47(58(91)76-43(55(72)88)30-35-99-5)82-63(96)54(67(3,4)100-6)83-60(93)49(38-41-20-11-8-12-21-41)81-59(92)48(37-40-18-9-7-10-19-40)80-57(90)44(26-28-52(70)86)77-56(89)45(27-29-53(71)87)78-61(94)51-25-17-34-85(51)65(98)46(23-13-14-31-68)79-62(95)50-24-16-33-84(50)64(97)42(69)22-15-32-75-66(73)74/h7-12,18-21,39,42-51,54H,13-17,22-38,68-69H2,1-6H3,(H2,70,86)(H2,71,87)(H2,72,88)(H,76,91)(H,77,89)(H,78,94)(H,79,95)(H,80,90)(H,81,92)(H,82,96)(H,83,93)(H4,73,74,75)/t42-,43-,44-,45-,46-,47-,48-,49-,50-,51-,54+/m0/s1. The van der Waals surface area contributed by atoms with Crippen molar-refractivity contribution in [3.8, 4) is 0 Å². The highest BCUT2D eigenvalue weighted by Gasteiger charge is 2.44. The van der Waals surface area contributed by atoms with Crippen LogP contribution in [0.4, 0.5) is 0 Å². The first kappa shape index (κ1) is 83.9. The van der Waals surface area contributed by atoms with Crippen LogP contribution in [0, 0.1) is 5.92 Å². The van der Waals surface area contributed by atoms with Gasteiger partial charge in [0.25, 0.3) is 0 Å². The molecule has 0 radical (unpaired) electrons. The van der Waals surface area contributed by atoms with Crippen LogP contribution in [0.1, 0.15) is 135 Å². The van der Waals surface area contributed by atoms with Gasteiger partial charge in [0.05, 0.1) is 6.04 Å². The molecule has 2 aromatic rings. The molecule has 11 atom stereocenters. The van der Waals surface area contributed by atoms with E-state index in [1.807, 2.05) is 20.1 Å². The van der Waals surface area contributed by atoms with Gasteiger partial charge in [-0.3, -0.25) is 67.3 Å². The molecule has 0 bridgehead atoms. The molecule has 554 valence electrons. The van der Waals surface area contributed by atoms with E-state index < -0.39 is 174 Å². The SMILES string of the molecule is CSCC[C@H](NC(=O)[C@H](CC(C)C)NC(=O)[C@@H](NC(=O)[C@H](Cc1ccccc1)NC(=O)[C@H](Cc1ccccc1)NC(=O)[C@H](CCC(N)=O)NC(=O)[C@H](CCC(N)=O)NC(=O)[C@@H]1CCCN1C(=O)[C@H](CCCCN)NC(=O)[C@@H]1CCCN1C(=O)[C@@H](N)CCCN=C(N)N)C(C)(C)SC)C(N)=O. The third-order valence-corrected chi connectivity index (χ3v) is 19.3. The van der Waals surface area contributed by atoms with Crippen molar-refractivity contribution in [1.82, 2.24) is 52.3 Å². The summed E-state index contributed by atoms with van der Waals surface area (Å²) in [6.45, 7) is 7.96. The van der Waals surface area contributed by atoms with E-state index in [0.29, 0.717) is 55.4 Å². The summed E-state index contributed by atoms with van der Waals surface area (Å²) in [5.74, 6) is -9.84. The molecule has 0 spiro atoms. The number of amides is 13. The van der Waals surface area contributed by atoms with E-state index in [0.717, 1.165) is 0 Å². The molecule has 0 aromatic heterocycles. The Morgan fingerprint density at radius 3 is 1.45 bits per heavy atom. The highest BCUT2D eigenvalue weighted by molar-refractivity contribution is 8.00. The summed E-state index contributed by atoms with van der Waals surface area (Å²) in [4.78, 5) is 188. The van der Waals surface area contributed by atoms with Crippen LogP contribution in [-0.2, 0) is 75.2 Å². The number of carbonyl (C=O) groups is 13. The van der Waals surface area contributed by atoms with Gasteiger partial charge in [0, 0.05) is 50.1 Å². The Hall–Kier alpha value is -8.56. The molecular weight excluding hydrogens is 1330 g/mol. The molecule has 2 aromatic carbocycles. The number of nitrogens with one attached hydrogen (secondary N) is 8. The highest BCUT2D eigenvalue weighted by atomic mass is 32.2. The van der Waals surface area contributed by atoms with Crippen molar-refractivity contribution < 1.29 is 62.3 Å². The number of nitrogens with zero attached hydrogens (tertiary/aromatic N) is 3. The Labute approximate surface area is 593 Å². The zero-order chi connectivity index (χ0) is 74.2. The van der Waals surface area contributed by atoms with Crippen LogP contribution < -0.4 is 82.7 Å². The van der Waals surface area contributed by atoms with Crippen LogP contribution in [0.15, 0.2) is 65.7 Å². The Morgan fingerprint density at radius 2 is 0.980 bits per heavy atom. The second-order valence-corrected chi connectivity index (χ2v) is 28.5. The van der Waals surface area contributed by atoms with Gasteiger partial charge in [0.2, 0.25) is 76.8 Å². The third kappa shape index (κ3) is 27.9. The van der Waals surface area contributed by atoms with E-state index in [-0.39, 0.29) is 83.0 Å². The summed E-state index contributed by atoms with van der Waals surface area (Å²) in [5, 5.41) is 21.8. The number of nitrogens with two attached hydrogens (primary N) is 7. The lowest BCUT2D eigenvalue weighted by atomic mass is 9.97. The smallest absolute Gasteiger partial charge is 0.245 e. The number of unbranched alkanes of at least 4 members (excludes halogenated alkanes) is 1. The average molecular weight is 1440 g/mol. The Morgan fingerprint density at radius 1 is 0.530 bits per heavy atom. The van der Waals surface area contributed by atoms with Gasteiger partial charge in [-0.15, -0.1) is 0 Å². The summed E-state index contributed by atoms with van der Waals surface area (Å²) in [6, 6.07) is 3.07. The fraction of sp³-hybridized carbons (Fsp3) is 0.612. The van der Waals surface area contributed by atoms with Crippen molar-refractivity contribution in [2.24, 2.45) is 51.0 Å². The van der Waals surface area contributed by atoms with Gasteiger partial charge in [-0.1, -0.05) is 74.5 Å². The lowest BCUT2D eigenvalue weighted by Gasteiger charge is -2.35. The van der Waals surface area contributed by atoms with Crippen molar-refractivity contribution in [1.29, 1.82) is 0 Å². The lowest BCUT2D eigenvalue weighted by Crippen LogP contribution is -2.64. The topological polar surface area (TPSA) is 519 Å². The fourth-order valence-electron chi connectivity index (χ4n) is 11.7. The number of primary amides is 3. The largest absolute Gasteiger partial charge is 0.370 e. The average Bonchev–Trinajstić information content (AvgIpc) is 1.53. The molecule has 31 nitrogen and oxygen atoms in total. The molecule has 100 heavy (non-hydrogen) atoms. The van der Waals surface area contributed by atoms with Crippen LogP contribution in [-0.4, -0.2) is 208 Å². The number of carbonyl (C=O) groups excluding carboxylic acids is 13. The number of rotatable bonds is 44. The molecule has 2 heterocycles. The minimum atomic E-state index is -1.66. The molecular formula is C67H106N18O13S2. The van der Waals surface area contributed by atoms with E-state index >= 15 is 4.79 Å². The first-order valence-corrected chi connectivity index (χ1v) is 36.6.